The number of para-hydroxylation sites is 1. The van der Waals surface area contributed by atoms with E-state index < -0.39 is 0 Å². The zero-order valence-electron chi connectivity index (χ0n) is 16.5. The number of carbonyl (C=O) groups is 1. The molecule has 0 spiro atoms. The summed E-state index contributed by atoms with van der Waals surface area (Å²) in [6.07, 6.45) is 2.05. The molecule has 0 saturated carbocycles. The van der Waals surface area contributed by atoms with Gasteiger partial charge in [0.25, 0.3) is 0 Å². The van der Waals surface area contributed by atoms with Crippen LogP contribution in [0.2, 0.25) is 0 Å². The molecule has 3 aromatic rings. The molecule has 7 nitrogen and oxygen atoms in total. The average molecular weight is 391 g/mol. The molecule has 1 aromatic heterocycles. The van der Waals surface area contributed by atoms with E-state index in [1.54, 1.807) is 7.11 Å². The molecule has 1 N–H and O–H groups in total. The molecule has 3 heterocycles. The second kappa shape index (κ2) is 7.40. The molecular weight excluding hydrogens is 366 g/mol. The van der Waals surface area contributed by atoms with Crippen LogP contribution in [0.25, 0.3) is 16.6 Å². The molecule has 2 aliphatic rings. The number of benzene rings is 2. The Bertz CT molecular complexity index is 1030. The van der Waals surface area contributed by atoms with E-state index in [-0.39, 0.29) is 6.03 Å². The summed E-state index contributed by atoms with van der Waals surface area (Å²) in [7, 11) is 1.63. The summed E-state index contributed by atoms with van der Waals surface area (Å²) in [5, 5.41) is 8.93. The summed E-state index contributed by atoms with van der Waals surface area (Å²) < 4.78 is 7.36. The topological polar surface area (TPSA) is 62.6 Å². The van der Waals surface area contributed by atoms with Crippen molar-refractivity contribution in [2.75, 3.05) is 38.2 Å². The minimum Gasteiger partial charge on any atom is -0.479 e. The van der Waals surface area contributed by atoms with Crippen molar-refractivity contribution in [3.8, 4) is 11.6 Å². The molecule has 0 bridgehead atoms. The van der Waals surface area contributed by atoms with E-state index in [4.69, 9.17) is 4.74 Å². The smallest absolute Gasteiger partial charge is 0.324 e. The number of amides is 2. The van der Waals surface area contributed by atoms with Gasteiger partial charge in [0.2, 0.25) is 5.88 Å². The number of anilines is 1. The van der Waals surface area contributed by atoms with Gasteiger partial charge < -0.3 is 15.0 Å². The van der Waals surface area contributed by atoms with Gasteiger partial charge in [-0.2, -0.15) is 0 Å². The van der Waals surface area contributed by atoms with E-state index in [1.165, 1.54) is 0 Å². The molecule has 7 heteroatoms. The summed E-state index contributed by atoms with van der Waals surface area (Å²) in [5.74, 6) is 0.583. The molecule has 2 amide bonds. The lowest BCUT2D eigenvalue weighted by atomic mass is 10.1. The summed E-state index contributed by atoms with van der Waals surface area (Å²) in [4.78, 5) is 17.1. The highest BCUT2D eigenvalue weighted by atomic mass is 16.5. The molecule has 2 aliphatic heterocycles. The van der Waals surface area contributed by atoms with Crippen LogP contribution >= 0.6 is 0 Å². The largest absolute Gasteiger partial charge is 0.479 e. The fourth-order valence-corrected chi connectivity index (χ4v) is 4.41. The van der Waals surface area contributed by atoms with Gasteiger partial charge in [0.15, 0.2) is 0 Å². The van der Waals surface area contributed by atoms with E-state index in [0.29, 0.717) is 18.5 Å². The number of ether oxygens (including phenoxy) is 1. The molecule has 150 valence electrons. The van der Waals surface area contributed by atoms with Crippen LogP contribution in [-0.4, -0.2) is 60.0 Å². The van der Waals surface area contributed by atoms with Gasteiger partial charge in [-0.25, -0.2) is 9.48 Å². The fourth-order valence-electron chi connectivity index (χ4n) is 4.41. The maximum atomic E-state index is 13.1. The lowest BCUT2D eigenvalue weighted by molar-refractivity contribution is 0.185. The van der Waals surface area contributed by atoms with Gasteiger partial charge >= 0.3 is 6.03 Å². The summed E-state index contributed by atoms with van der Waals surface area (Å²) in [6, 6.07) is 16.5. The predicted molar refractivity (Wildman–Crippen MR) is 113 cm³/mol. The number of urea groups is 1. The number of hydrogen-bond acceptors (Lipinski definition) is 4. The SMILES string of the molecule is COc1nn(-c2ccccc2)c2cc(N3CCN(C4CCNCC4)C3=O)ccc12. The molecule has 0 aliphatic carbocycles. The second-order valence-electron chi connectivity index (χ2n) is 7.57. The summed E-state index contributed by atoms with van der Waals surface area (Å²) in [5.41, 5.74) is 2.79. The van der Waals surface area contributed by atoms with E-state index >= 15 is 0 Å². The van der Waals surface area contributed by atoms with Crippen LogP contribution in [0.1, 0.15) is 12.8 Å². The molecule has 29 heavy (non-hydrogen) atoms. The standard InChI is InChI=1S/C22H25N5O2/c1-29-21-19-8-7-18(15-20(19)27(24-21)17-5-3-2-4-6-17)26-14-13-25(22(26)28)16-9-11-23-12-10-16/h2-8,15-16,23H,9-14H2,1H3. The Morgan fingerprint density at radius 3 is 2.59 bits per heavy atom. The number of nitrogens with one attached hydrogen (secondary N) is 1. The number of piperidine rings is 1. The zero-order chi connectivity index (χ0) is 19.8. The van der Waals surface area contributed by atoms with E-state index in [0.717, 1.165) is 54.8 Å². The van der Waals surface area contributed by atoms with Crippen LogP contribution in [0.3, 0.4) is 0 Å². The third-order valence-electron chi connectivity index (χ3n) is 5.93. The third kappa shape index (κ3) is 3.11. The number of carbonyl (C=O) groups excluding carboxylic acids is 1. The highest BCUT2D eigenvalue weighted by Gasteiger charge is 2.35. The van der Waals surface area contributed by atoms with E-state index in [1.807, 2.05) is 63.0 Å². The van der Waals surface area contributed by atoms with E-state index in [9.17, 15) is 4.79 Å². The Kier molecular flexibility index (Phi) is 4.60. The normalized spacial score (nSPS) is 18.0. The molecule has 0 unspecified atom stereocenters. The Balaban J connectivity index is 1.50. The lowest BCUT2D eigenvalue weighted by Crippen LogP contribution is -2.45. The van der Waals surface area contributed by atoms with Gasteiger partial charge in [-0.3, -0.25) is 4.90 Å². The molecule has 0 atom stereocenters. The minimum atomic E-state index is 0.106. The molecule has 2 saturated heterocycles. The Hall–Kier alpha value is -3.06. The van der Waals surface area contributed by atoms with Gasteiger partial charge in [0.1, 0.15) is 0 Å². The number of fused-ring (bicyclic) bond motifs is 1. The van der Waals surface area contributed by atoms with Crippen LogP contribution in [0, 0.1) is 0 Å². The predicted octanol–water partition coefficient (Wildman–Crippen LogP) is 3.03. The van der Waals surface area contributed by atoms with Gasteiger partial charge in [0, 0.05) is 24.8 Å². The quantitative estimate of drug-likeness (QED) is 0.743. The monoisotopic (exact) mass is 391 g/mol. The van der Waals surface area contributed by atoms with Crippen molar-refractivity contribution in [1.29, 1.82) is 0 Å². The average Bonchev–Trinajstić information content (AvgIpc) is 3.35. The van der Waals surface area contributed by atoms with Crippen molar-refractivity contribution in [3.05, 3.63) is 48.5 Å². The van der Waals surface area contributed by atoms with Crippen molar-refractivity contribution >= 4 is 22.6 Å². The molecule has 5 rings (SSSR count). The number of rotatable bonds is 4. The van der Waals surface area contributed by atoms with Gasteiger partial charge in [-0.15, -0.1) is 5.10 Å². The van der Waals surface area contributed by atoms with Crippen molar-refractivity contribution in [1.82, 2.24) is 20.0 Å². The van der Waals surface area contributed by atoms with Gasteiger partial charge in [-0.05, 0) is 56.3 Å². The Morgan fingerprint density at radius 2 is 1.83 bits per heavy atom. The first-order chi connectivity index (χ1) is 14.3. The fraction of sp³-hybridized carbons (Fsp3) is 0.364. The van der Waals surface area contributed by atoms with Crippen molar-refractivity contribution in [3.63, 3.8) is 0 Å². The zero-order valence-corrected chi connectivity index (χ0v) is 16.5. The highest BCUT2D eigenvalue weighted by Crippen LogP contribution is 2.32. The third-order valence-corrected chi connectivity index (χ3v) is 5.93. The lowest BCUT2D eigenvalue weighted by Gasteiger charge is -2.31. The number of hydrogen-bond donors (Lipinski definition) is 1. The van der Waals surface area contributed by atoms with Crippen LogP contribution in [0.5, 0.6) is 5.88 Å². The minimum absolute atomic E-state index is 0.106. The number of methoxy groups -OCH3 is 1. The van der Waals surface area contributed by atoms with Crippen LogP contribution < -0.4 is 15.0 Å². The Morgan fingerprint density at radius 1 is 1.03 bits per heavy atom. The number of nitrogens with zero attached hydrogens (tertiary/aromatic N) is 4. The molecule has 0 radical (unpaired) electrons. The first kappa shape index (κ1) is 18.0. The van der Waals surface area contributed by atoms with Crippen molar-refractivity contribution < 1.29 is 9.53 Å². The van der Waals surface area contributed by atoms with Gasteiger partial charge in [0.05, 0.1) is 23.7 Å². The van der Waals surface area contributed by atoms with Crippen molar-refractivity contribution in [2.24, 2.45) is 0 Å². The summed E-state index contributed by atoms with van der Waals surface area (Å²) >= 11 is 0. The number of aromatic nitrogens is 2. The highest BCUT2D eigenvalue weighted by molar-refractivity contribution is 5.97. The molecule has 2 fully saturated rings. The van der Waals surface area contributed by atoms with Crippen LogP contribution in [0.15, 0.2) is 48.5 Å². The molecular formula is C22H25N5O2. The van der Waals surface area contributed by atoms with E-state index in [2.05, 4.69) is 10.4 Å². The maximum Gasteiger partial charge on any atom is 0.324 e. The first-order valence-corrected chi connectivity index (χ1v) is 10.2. The van der Waals surface area contributed by atoms with Gasteiger partial charge in [-0.1, -0.05) is 18.2 Å². The van der Waals surface area contributed by atoms with Crippen molar-refractivity contribution in [2.45, 2.75) is 18.9 Å². The maximum absolute atomic E-state index is 13.1. The molecule has 2 aromatic carbocycles. The van der Waals surface area contributed by atoms with Crippen LogP contribution in [-0.2, 0) is 0 Å². The Labute approximate surface area is 169 Å². The second-order valence-corrected chi connectivity index (χ2v) is 7.57. The summed E-state index contributed by atoms with van der Waals surface area (Å²) in [6.45, 7) is 3.46. The first-order valence-electron chi connectivity index (χ1n) is 10.2. The van der Waals surface area contributed by atoms with Crippen LogP contribution in [0.4, 0.5) is 10.5 Å².